The van der Waals surface area contributed by atoms with E-state index in [0.717, 1.165) is 50.7 Å². The fourth-order valence-corrected chi connectivity index (χ4v) is 3.06. The van der Waals surface area contributed by atoms with Crippen LogP contribution in [0.1, 0.15) is 12.0 Å². The number of rotatable bonds is 7. The van der Waals surface area contributed by atoms with Crippen molar-refractivity contribution in [1.29, 1.82) is 0 Å². The highest BCUT2D eigenvalue weighted by atomic mass is 16.5. The topological polar surface area (TPSA) is 71.0 Å². The van der Waals surface area contributed by atoms with Gasteiger partial charge in [0, 0.05) is 32.7 Å². The number of nitrogens with zero attached hydrogens (tertiary/aromatic N) is 4. The SMILES string of the molecule is COc1ccc(CN2CCCN(c3cncc(OCCO)n3)CC2)cc1. The minimum absolute atomic E-state index is 0.0318. The fraction of sp³-hybridized carbons (Fsp3) is 0.474. The Bertz CT molecular complexity index is 681. The standard InChI is InChI=1S/C19H26N4O3/c1-25-17-5-3-16(4-6-17)15-22-7-2-8-23(10-9-22)18-13-20-14-19(21-18)26-12-11-24/h3-6,13-14,24H,2,7-12,15H2,1H3. The molecule has 0 aliphatic carbocycles. The van der Waals surface area contributed by atoms with Gasteiger partial charge in [-0.1, -0.05) is 12.1 Å². The Morgan fingerprint density at radius 3 is 2.69 bits per heavy atom. The average molecular weight is 358 g/mol. The summed E-state index contributed by atoms with van der Waals surface area (Å²) < 4.78 is 10.6. The third-order valence-corrected chi connectivity index (χ3v) is 4.42. The summed E-state index contributed by atoms with van der Waals surface area (Å²) in [5, 5.41) is 8.87. The van der Waals surface area contributed by atoms with Gasteiger partial charge in [-0.15, -0.1) is 0 Å². The van der Waals surface area contributed by atoms with Crippen molar-refractivity contribution >= 4 is 5.82 Å². The molecule has 3 rings (SSSR count). The van der Waals surface area contributed by atoms with Crippen molar-refractivity contribution in [2.45, 2.75) is 13.0 Å². The van der Waals surface area contributed by atoms with E-state index < -0.39 is 0 Å². The lowest BCUT2D eigenvalue weighted by Gasteiger charge is -2.22. The van der Waals surface area contributed by atoms with Crippen LogP contribution in [-0.4, -0.2) is 66.5 Å². The molecule has 1 fully saturated rings. The summed E-state index contributed by atoms with van der Waals surface area (Å²) in [6, 6.07) is 8.25. The number of hydrogen-bond donors (Lipinski definition) is 1. The Hall–Kier alpha value is -2.38. The number of anilines is 1. The van der Waals surface area contributed by atoms with E-state index in [1.165, 1.54) is 5.56 Å². The monoisotopic (exact) mass is 358 g/mol. The van der Waals surface area contributed by atoms with Crippen LogP contribution in [0.2, 0.25) is 0 Å². The first-order valence-electron chi connectivity index (χ1n) is 8.94. The van der Waals surface area contributed by atoms with Gasteiger partial charge in [0.25, 0.3) is 0 Å². The number of ether oxygens (including phenoxy) is 2. The van der Waals surface area contributed by atoms with E-state index in [2.05, 4.69) is 31.9 Å². The first-order valence-corrected chi connectivity index (χ1v) is 8.94. The molecule has 1 aromatic heterocycles. The van der Waals surface area contributed by atoms with Crippen molar-refractivity contribution in [3.05, 3.63) is 42.2 Å². The van der Waals surface area contributed by atoms with E-state index in [4.69, 9.17) is 14.6 Å². The Morgan fingerprint density at radius 1 is 1.08 bits per heavy atom. The average Bonchev–Trinajstić information content (AvgIpc) is 2.93. The molecule has 2 heterocycles. The van der Waals surface area contributed by atoms with E-state index in [0.29, 0.717) is 5.88 Å². The van der Waals surface area contributed by atoms with E-state index >= 15 is 0 Å². The molecule has 140 valence electrons. The Morgan fingerprint density at radius 2 is 1.92 bits per heavy atom. The minimum Gasteiger partial charge on any atom is -0.497 e. The molecular weight excluding hydrogens is 332 g/mol. The van der Waals surface area contributed by atoms with Gasteiger partial charge in [-0.3, -0.25) is 9.88 Å². The zero-order valence-electron chi connectivity index (χ0n) is 15.2. The first-order chi connectivity index (χ1) is 12.8. The molecule has 0 radical (unpaired) electrons. The lowest BCUT2D eigenvalue weighted by molar-refractivity contribution is 0.196. The lowest BCUT2D eigenvalue weighted by atomic mass is 10.2. The largest absolute Gasteiger partial charge is 0.497 e. The molecule has 26 heavy (non-hydrogen) atoms. The molecular formula is C19H26N4O3. The summed E-state index contributed by atoms with van der Waals surface area (Å²) in [4.78, 5) is 13.4. The molecule has 1 aromatic carbocycles. The summed E-state index contributed by atoms with van der Waals surface area (Å²) in [7, 11) is 1.69. The molecule has 0 bridgehead atoms. The number of aromatic nitrogens is 2. The smallest absolute Gasteiger partial charge is 0.234 e. The van der Waals surface area contributed by atoms with Crippen LogP contribution in [0.4, 0.5) is 5.82 Å². The van der Waals surface area contributed by atoms with Gasteiger partial charge >= 0.3 is 0 Å². The van der Waals surface area contributed by atoms with Crippen LogP contribution in [0.25, 0.3) is 0 Å². The van der Waals surface area contributed by atoms with Crippen LogP contribution in [0, 0.1) is 0 Å². The molecule has 7 heteroatoms. The molecule has 2 aromatic rings. The maximum Gasteiger partial charge on any atom is 0.234 e. The summed E-state index contributed by atoms with van der Waals surface area (Å²) in [5.74, 6) is 2.17. The van der Waals surface area contributed by atoms with Crippen molar-refractivity contribution in [2.24, 2.45) is 0 Å². The zero-order valence-corrected chi connectivity index (χ0v) is 15.2. The van der Waals surface area contributed by atoms with Crippen molar-refractivity contribution < 1.29 is 14.6 Å². The highest BCUT2D eigenvalue weighted by Gasteiger charge is 2.17. The van der Waals surface area contributed by atoms with Crippen LogP contribution < -0.4 is 14.4 Å². The second kappa shape index (κ2) is 9.35. The summed E-state index contributed by atoms with van der Waals surface area (Å²) in [6.07, 6.45) is 4.41. The van der Waals surface area contributed by atoms with Crippen molar-refractivity contribution in [3.63, 3.8) is 0 Å². The van der Waals surface area contributed by atoms with E-state index in [-0.39, 0.29) is 13.2 Å². The molecule has 0 atom stereocenters. The number of benzene rings is 1. The van der Waals surface area contributed by atoms with Crippen molar-refractivity contribution in [3.8, 4) is 11.6 Å². The van der Waals surface area contributed by atoms with Crippen molar-refractivity contribution in [2.75, 3.05) is 51.4 Å². The van der Waals surface area contributed by atoms with Crippen LogP contribution in [0.3, 0.4) is 0 Å². The van der Waals surface area contributed by atoms with Gasteiger partial charge in [0.2, 0.25) is 5.88 Å². The predicted molar refractivity (Wildman–Crippen MR) is 99.7 cm³/mol. The van der Waals surface area contributed by atoms with Gasteiger partial charge < -0.3 is 19.5 Å². The van der Waals surface area contributed by atoms with Crippen LogP contribution in [0.5, 0.6) is 11.6 Å². The second-order valence-electron chi connectivity index (χ2n) is 6.25. The second-order valence-corrected chi connectivity index (χ2v) is 6.25. The minimum atomic E-state index is -0.0318. The van der Waals surface area contributed by atoms with Crippen LogP contribution in [0.15, 0.2) is 36.7 Å². The highest BCUT2D eigenvalue weighted by molar-refractivity contribution is 5.37. The number of aliphatic hydroxyl groups is 1. The lowest BCUT2D eigenvalue weighted by Crippen LogP contribution is -2.31. The third kappa shape index (κ3) is 5.06. The zero-order chi connectivity index (χ0) is 18.2. The maximum atomic E-state index is 8.87. The van der Waals surface area contributed by atoms with Gasteiger partial charge in [-0.2, -0.15) is 4.98 Å². The van der Waals surface area contributed by atoms with Gasteiger partial charge in [0.1, 0.15) is 12.4 Å². The normalized spacial score (nSPS) is 15.5. The number of methoxy groups -OCH3 is 1. The molecule has 0 saturated carbocycles. The molecule has 0 spiro atoms. The molecule has 7 nitrogen and oxygen atoms in total. The predicted octanol–water partition coefficient (Wildman–Crippen LogP) is 1.57. The van der Waals surface area contributed by atoms with E-state index in [1.54, 1.807) is 19.5 Å². The van der Waals surface area contributed by atoms with Gasteiger partial charge in [-0.25, -0.2) is 0 Å². The summed E-state index contributed by atoms with van der Waals surface area (Å²) in [6.45, 7) is 4.99. The maximum absolute atomic E-state index is 8.87. The highest BCUT2D eigenvalue weighted by Crippen LogP contribution is 2.18. The summed E-state index contributed by atoms with van der Waals surface area (Å²) in [5.41, 5.74) is 1.29. The van der Waals surface area contributed by atoms with E-state index in [9.17, 15) is 0 Å². The van der Waals surface area contributed by atoms with Crippen LogP contribution >= 0.6 is 0 Å². The Kier molecular flexibility index (Phi) is 6.62. The molecule has 1 saturated heterocycles. The number of aliphatic hydroxyl groups excluding tert-OH is 1. The molecule has 0 amide bonds. The van der Waals surface area contributed by atoms with Crippen molar-refractivity contribution in [1.82, 2.24) is 14.9 Å². The molecule has 1 aliphatic heterocycles. The fourth-order valence-electron chi connectivity index (χ4n) is 3.06. The van der Waals surface area contributed by atoms with Crippen LogP contribution in [-0.2, 0) is 6.54 Å². The summed E-state index contributed by atoms with van der Waals surface area (Å²) >= 11 is 0. The van der Waals surface area contributed by atoms with Gasteiger partial charge in [-0.05, 0) is 24.1 Å². The first kappa shape index (κ1) is 18.4. The molecule has 1 N–H and O–H groups in total. The Labute approximate surface area is 154 Å². The Balaban J connectivity index is 1.57. The third-order valence-electron chi connectivity index (χ3n) is 4.42. The van der Waals surface area contributed by atoms with Gasteiger partial charge in [0.15, 0.2) is 5.82 Å². The van der Waals surface area contributed by atoms with Gasteiger partial charge in [0.05, 0.1) is 26.1 Å². The molecule has 1 aliphatic rings. The number of hydrogen-bond acceptors (Lipinski definition) is 7. The molecule has 0 unspecified atom stereocenters. The van der Waals surface area contributed by atoms with E-state index in [1.807, 2.05) is 12.1 Å². The quantitative estimate of drug-likeness (QED) is 0.805.